The van der Waals surface area contributed by atoms with Crippen LogP contribution in [0.25, 0.3) is 0 Å². The maximum absolute atomic E-state index is 5.98. The molecule has 0 aromatic carbocycles. The number of unbranched alkanes of at least 4 members (excludes halogenated alkanes) is 15. The maximum atomic E-state index is 5.98. The van der Waals surface area contributed by atoms with Gasteiger partial charge in [0, 0.05) is 12.6 Å². The number of ether oxygens (including phenoxy) is 1. The molecule has 0 saturated heterocycles. The summed E-state index contributed by atoms with van der Waals surface area (Å²) < 4.78 is 7.95. The predicted molar refractivity (Wildman–Crippen MR) is 126 cm³/mol. The van der Waals surface area contributed by atoms with Gasteiger partial charge >= 0.3 is 0 Å². The molecule has 1 aromatic rings. The molecule has 1 heterocycles. The van der Waals surface area contributed by atoms with Crippen LogP contribution in [-0.4, -0.2) is 16.2 Å². The van der Waals surface area contributed by atoms with Crippen LogP contribution in [0, 0.1) is 0 Å². The molecule has 2 N–H and O–H groups in total. The van der Waals surface area contributed by atoms with Crippen molar-refractivity contribution in [3.8, 4) is 6.01 Å². The van der Waals surface area contributed by atoms with E-state index in [0.29, 0.717) is 0 Å². The number of rotatable bonds is 20. The summed E-state index contributed by atoms with van der Waals surface area (Å²) >= 11 is 0. The minimum Gasteiger partial charge on any atom is -0.465 e. The molecular formula is C25H49N3O. The van der Waals surface area contributed by atoms with Crippen molar-refractivity contribution >= 4 is 0 Å². The van der Waals surface area contributed by atoms with Crippen molar-refractivity contribution in [1.82, 2.24) is 9.55 Å². The van der Waals surface area contributed by atoms with Gasteiger partial charge in [-0.25, -0.2) is 4.98 Å². The molecule has 1 unspecified atom stereocenters. The molecule has 0 aliphatic carbocycles. The third kappa shape index (κ3) is 12.3. The van der Waals surface area contributed by atoms with Crippen LogP contribution in [0.1, 0.15) is 135 Å². The number of nitrogens with zero attached hydrogens (tertiary/aromatic N) is 2. The van der Waals surface area contributed by atoms with Gasteiger partial charge < -0.3 is 10.5 Å². The summed E-state index contributed by atoms with van der Waals surface area (Å²) in [6.07, 6.45) is 24.1. The van der Waals surface area contributed by atoms with Gasteiger partial charge in [-0.3, -0.25) is 4.57 Å². The van der Waals surface area contributed by atoms with Crippen LogP contribution in [0.4, 0.5) is 0 Å². The Morgan fingerprint density at radius 3 is 1.66 bits per heavy atom. The van der Waals surface area contributed by atoms with Gasteiger partial charge in [0.1, 0.15) is 0 Å². The first kappa shape index (κ1) is 26.0. The van der Waals surface area contributed by atoms with Gasteiger partial charge in [0.25, 0.3) is 6.01 Å². The van der Waals surface area contributed by atoms with E-state index in [1.165, 1.54) is 96.3 Å². The van der Waals surface area contributed by atoms with Crippen LogP contribution in [0.2, 0.25) is 0 Å². The molecule has 1 rings (SSSR count). The lowest BCUT2D eigenvalue weighted by Gasteiger charge is -2.12. The van der Waals surface area contributed by atoms with Gasteiger partial charge in [-0.1, -0.05) is 103 Å². The Kier molecular flexibility index (Phi) is 16.0. The Balaban J connectivity index is 1.86. The standard InChI is InChI=1S/C25H49N3O/c1-4-6-7-8-9-10-11-12-13-14-15-16-17-18-19-20-21-29-25-27-22-24(23(3)26)28(25)5-2/h22-23H,4-21,26H2,1-3H3. The summed E-state index contributed by atoms with van der Waals surface area (Å²) in [4.78, 5) is 4.38. The number of nitrogens with two attached hydrogens (primary N) is 1. The zero-order valence-corrected chi connectivity index (χ0v) is 19.8. The fourth-order valence-corrected chi connectivity index (χ4v) is 3.98. The lowest BCUT2D eigenvalue weighted by atomic mass is 10.0. The van der Waals surface area contributed by atoms with Gasteiger partial charge in [-0.2, -0.15) is 0 Å². The summed E-state index contributed by atoms with van der Waals surface area (Å²) in [7, 11) is 0. The molecule has 0 spiro atoms. The molecule has 0 aliphatic heterocycles. The number of imidazole rings is 1. The van der Waals surface area contributed by atoms with E-state index in [2.05, 4.69) is 23.4 Å². The highest BCUT2D eigenvalue weighted by atomic mass is 16.5. The van der Waals surface area contributed by atoms with E-state index >= 15 is 0 Å². The molecule has 4 heteroatoms. The van der Waals surface area contributed by atoms with E-state index in [1.54, 1.807) is 0 Å². The largest absolute Gasteiger partial charge is 0.465 e. The second-order valence-electron chi connectivity index (χ2n) is 8.65. The van der Waals surface area contributed by atoms with Gasteiger partial charge in [0.2, 0.25) is 0 Å². The third-order valence-electron chi connectivity index (χ3n) is 5.86. The second kappa shape index (κ2) is 17.8. The zero-order valence-electron chi connectivity index (χ0n) is 19.8. The van der Waals surface area contributed by atoms with Crippen molar-refractivity contribution in [1.29, 1.82) is 0 Å². The van der Waals surface area contributed by atoms with E-state index in [-0.39, 0.29) is 6.04 Å². The van der Waals surface area contributed by atoms with Crippen molar-refractivity contribution in [2.45, 2.75) is 136 Å². The minimum absolute atomic E-state index is 0.00431. The van der Waals surface area contributed by atoms with E-state index in [0.717, 1.165) is 31.3 Å². The van der Waals surface area contributed by atoms with E-state index in [4.69, 9.17) is 10.5 Å². The first-order valence-electron chi connectivity index (χ1n) is 12.6. The van der Waals surface area contributed by atoms with Crippen LogP contribution < -0.4 is 10.5 Å². The molecule has 0 fully saturated rings. The molecule has 1 aromatic heterocycles. The second-order valence-corrected chi connectivity index (χ2v) is 8.65. The van der Waals surface area contributed by atoms with Gasteiger partial charge in [0.15, 0.2) is 0 Å². The summed E-state index contributed by atoms with van der Waals surface area (Å²) in [5.41, 5.74) is 7.03. The van der Waals surface area contributed by atoms with Gasteiger partial charge in [-0.05, 0) is 20.3 Å². The summed E-state index contributed by atoms with van der Waals surface area (Å²) in [5, 5.41) is 0. The monoisotopic (exact) mass is 407 g/mol. The Morgan fingerprint density at radius 1 is 0.793 bits per heavy atom. The number of hydrogen-bond donors (Lipinski definition) is 1. The number of hydrogen-bond acceptors (Lipinski definition) is 3. The summed E-state index contributed by atoms with van der Waals surface area (Å²) in [6, 6.07) is 0.719. The van der Waals surface area contributed by atoms with Crippen LogP contribution in [-0.2, 0) is 6.54 Å². The summed E-state index contributed by atoms with van der Waals surface area (Å²) in [6.45, 7) is 7.99. The average Bonchev–Trinajstić information content (AvgIpc) is 3.13. The topological polar surface area (TPSA) is 53.1 Å². The third-order valence-corrected chi connectivity index (χ3v) is 5.86. The Labute approximate surface area is 181 Å². The Bertz CT molecular complexity index is 484. The van der Waals surface area contributed by atoms with E-state index in [9.17, 15) is 0 Å². The molecule has 170 valence electrons. The highest BCUT2D eigenvalue weighted by Crippen LogP contribution is 2.18. The predicted octanol–water partition coefficient (Wildman–Crippen LogP) is 7.56. The summed E-state index contributed by atoms with van der Waals surface area (Å²) in [5.74, 6) is 0. The van der Waals surface area contributed by atoms with Crippen LogP contribution in [0.5, 0.6) is 6.01 Å². The van der Waals surface area contributed by atoms with Crippen molar-refractivity contribution in [3.05, 3.63) is 11.9 Å². The molecule has 0 aliphatic rings. The highest BCUT2D eigenvalue weighted by Gasteiger charge is 2.12. The molecule has 4 nitrogen and oxygen atoms in total. The number of aromatic nitrogens is 2. The molecular weight excluding hydrogens is 358 g/mol. The van der Waals surface area contributed by atoms with Crippen molar-refractivity contribution in [3.63, 3.8) is 0 Å². The molecule has 0 saturated carbocycles. The van der Waals surface area contributed by atoms with Crippen LogP contribution >= 0.6 is 0 Å². The lowest BCUT2D eigenvalue weighted by molar-refractivity contribution is 0.267. The van der Waals surface area contributed by atoms with E-state index in [1.807, 2.05) is 13.1 Å². The van der Waals surface area contributed by atoms with Gasteiger partial charge in [-0.15, -0.1) is 0 Å². The molecule has 0 radical (unpaired) electrons. The Morgan fingerprint density at radius 2 is 1.24 bits per heavy atom. The molecule has 0 amide bonds. The van der Waals surface area contributed by atoms with E-state index < -0.39 is 0 Å². The maximum Gasteiger partial charge on any atom is 0.296 e. The molecule has 0 bridgehead atoms. The first-order valence-corrected chi connectivity index (χ1v) is 12.6. The van der Waals surface area contributed by atoms with Crippen molar-refractivity contribution < 1.29 is 4.74 Å². The van der Waals surface area contributed by atoms with Crippen molar-refractivity contribution in [2.24, 2.45) is 5.73 Å². The van der Waals surface area contributed by atoms with Gasteiger partial charge in [0.05, 0.1) is 18.5 Å². The first-order chi connectivity index (χ1) is 14.2. The quantitative estimate of drug-likeness (QED) is 0.227. The molecule has 1 atom stereocenters. The lowest BCUT2D eigenvalue weighted by Crippen LogP contribution is -2.13. The fourth-order valence-electron chi connectivity index (χ4n) is 3.98. The minimum atomic E-state index is -0.00431. The smallest absolute Gasteiger partial charge is 0.296 e. The zero-order chi connectivity index (χ0) is 21.2. The molecule has 29 heavy (non-hydrogen) atoms. The van der Waals surface area contributed by atoms with Crippen molar-refractivity contribution in [2.75, 3.05) is 6.61 Å². The van der Waals surface area contributed by atoms with Crippen LogP contribution in [0.15, 0.2) is 6.20 Å². The Hall–Kier alpha value is -1.03. The van der Waals surface area contributed by atoms with Crippen LogP contribution in [0.3, 0.4) is 0 Å². The highest BCUT2D eigenvalue weighted by molar-refractivity contribution is 5.12. The SMILES string of the molecule is CCCCCCCCCCCCCCCCCCOc1ncc(C(C)N)n1CC. The average molecular weight is 408 g/mol. The normalized spacial score (nSPS) is 12.4. The fraction of sp³-hybridized carbons (Fsp3) is 0.880.